The molecule has 14 heavy (non-hydrogen) atoms. The quantitative estimate of drug-likeness (QED) is 0.789. The molecule has 1 heterocycles. The van der Waals surface area contributed by atoms with Gasteiger partial charge in [0.2, 0.25) is 0 Å². The van der Waals surface area contributed by atoms with Crippen LogP contribution in [0.1, 0.15) is 25.5 Å². The lowest BCUT2D eigenvalue weighted by atomic mass is 10.1. The van der Waals surface area contributed by atoms with E-state index >= 15 is 0 Å². The summed E-state index contributed by atoms with van der Waals surface area (Å²) in [6.45, 7) is 5.45. The highest BCUT2D eigenvalue weighted by Gasteiger charge is 2.27. The Morgan fingerprint density at radius 1 is 1.57 bits per heavy atom. The molecule has 1 aliphatic rings. The Morgan fingerprint density at radius 2 is 2.36 bits per heavy atom. The van der Waals surface area contributed by atoms with Gasteiger partial charge in [-0.1, -0.05) is 6.92 Å². The van der Waals surface area contributed by atoms with Gasteiger partial charge < -0.3 is 5.32 Å². The second-order valence-electron chi connectivity index (χ2n) is 4.38. The van der Waals surface area contributed by atoms with Crippen molar-refractivity contribution in [2.45, 2.75) is 26.7 Å². The van der Waals surface area contributed by atoms with Crippen molar-refractivity contribution in [1.29, 1.82) is 0 Å². The van der Waals surface area contributed by atoms with Crippen molar-refractivity contribution in [3.63, 3.8) is 0 Å². The largest absolute Gasteiger partial charge is 0.385 e. The molecule has 2 nitrogen and oxygen atoms in total. The molecule has 0 aliphatic heterocycles. The minimum absolute atomic E-state index is 0.809. The number of pyridine rings is 1. The summed E-state index contributed by atoms with van der Waals surface area (Å²) in [4.78, 5) is 4.17. The van der Waals surface area contributed by atoms with Crippen LogP contribution < -0.4 is 5.32 Å². The van der Waals surface area contributed by atoms with Crippen LogP contribution in [-0.4, -0.2) is 11.5 Å². The van der Waals surface area contributed by atoms with Crippen LogP contribution in [0.15, 0.2) is 18.3 Å². The molecule has 2 rings (SSSR count). The fourth-order valence-corrected chi connectivity index (χ4v) is 1.77. The third-order valence-electron chi connectivity index (χ3n) is 2.95. The first kappa shape index (κ1) is 9.50. The highest BCUT2D eigenvalue weighted by Crippen LogP contribution is 2.36. The van der Waals surface area contributed by atoms with Crippen molar-refractivity contribution in [3.8, 4) is 0 Å². The van der Waals surface area contributed by atoms with Gasteiger partial charge in [-0.15, -0.1) is 0 Å². The van der Waals surface area contributed by atoms with Gasteiger partial charge in [-0.3, -0.25) is 4.98 Å². The first-order valence-electron chi connectivity index (χ1n) is 5.42. The van der Waals surface area contributed by atoms with Crippen molar-refractivity contribution < 1.29 is 0 Å². The maximum absolute atomic E-state index is 4.17. The van der Waals surface area contributed by atoms with Crippen LogP contribution in [0, 0.1) is 18.8 Å². The van der Waals surface area contributed by atoms with Gasteiger partial charge in [-0.2, -0.15) is 0 Å². The molecule has 1 atom stereocenters. The smallest absolute Gasteiger partial charge is 0.0393 e. The number of rotatable bonds is 4. The highest BCUT2D eigenvalue weighted by molar-refractivity contribution is 5.42. The Balaban J connectivity index is 1.84. The number of nitrogens with zero attached hydrogens (tertiary/aromatic N) is 1. The average Bonchev–Trinajstić information content (AvgIpc) is 2.97. The van der Waals surface area contributed by atoms with E-state index in [0.29, 0.717) is 0 Å². The fraction of sp³-hybridized carbons (Fsp3) is 0.583. The van der Waals surface area contributed by atoms with Crippen LogP contribution in [0.3, 0.4) is 0 Å². The van der Waals surface area contributed by atoms with Gasteiger partial charge in [0.05, 0.1) is 0 Å². The summed E-state index contributed by atoms with van der Waals surface area (Å²) >= 11 is 0. The first-order chi connectivity index (χ1) is 6.75. The maximum atomic E-state index is 4.17. The van der Waals surface area contributed by atoms with E-state index in [9.17, 15) is 0 Å². The lowest BCUT2D eigenvalue weighted by molar-refractivity contribution is 0.536. The van der Waals surface area contributed by atoms with E-state index in [2.05, 4.69) is 23.3 Å². The van der Waals surface area contributed by atoms with Crippen molar-refractivity contribution >= 4 is 5.69 Å². The zero-order chi connectivity index (χ0) is 9.97. The average molecular weight is 190 g/mol. The zero-order valence-electron chi connectivity index (χ0n) is 8.96. The second-order valence-corrected chi connectivity index (χ2v) is 4.38. The number of hydrogen-bond acceptors (Lipinski definition) is 2. The van der Waals surface area contributed by atoms with Crippen molar-refractivity contribution in [2.75, 3.05) is 11.9 Å². The van der Waals surface area contributed by atoms with E-state index in [1.54, 1.807) is 0 Å². The van der Waals surface area contributed by atoms with E-state index in [-0.39, 0.29) is 0 Å². The van der Waals surface area contributed by atoms with E-state index in [1.165, 1.54) is 18.5 Å². The van der Waals surface area contributed by atoms with Gasteiger partial charge in [-0.25, -0.2) is 0 Å². The molecular formula is C12H18N2. The molecule has 1 saturated carbocycles. The van der Waals surface area contributed by atoms with Gasteiger partial charge in [-0.05, 0) is 43.7 Å². The van der Waals surface area contributed by atoms with E-state index < -0.39 is 0 Å². The number of aromatic nitrogens is 1. The standard InChI is InChI=1S/C12H18N2/c1-9(11-3-4-11)8-14-12-5-6-13-10(2)7-12/h5-7,9,11H,3-4,8H2,1-2H3,(H,13,14). The van der Waals surface area contributed by atoms with Crippen LogP contribution >= 0.6 is 0 Å². The normalized spacial score (nSPS) is 17.9. The molecule has 2 heteroatoms. The number of anilines is 1. The molecule has 1 fully saturated rings. The lowest BCUT2D eigenvalue weighted by Gasteiger charge is -2.12. The molecule has 1 aliphatic carbocycles. The van der Waals surface area contributed by atoms with Crippen LogP contribution in [0.25, 0.3) is 0 Å². The highest BCUT2D eigenvalue weighted by atomic mass is 14.9. The third-order valence-corrected chi connectivity index (χ3v) is 2.95. The Morgan fingerprint density at radius 3 is 3.00 bits per heavy atom. The molecule has 1 aromatic heterocycles. The molecule has 1 aromatic rings. The molecular weight excluding hydrogens is 172 g/mol. The van der Waals surface area contributed by atoms with Crippen molar-refractivity contribution in [3.05, 3.63) is 24.0 Å². The lowest BCUT2D eigenvalue weighted by Crippen LogP contribution is -2.12. The molecule has 1 N–H and O–H groups in total. The van der Waals surface area contributed by atoms with Gasteiger partial charge >= 0.3 is 0 Å². The molecule has 0 aromatic carbocycles. The van der Waals surface area contributed by atoms with Gasteiger partial charge in [0.1, 0.15) is 0 Å². The Hall–Kier alpha value is -1.05. The van der Waals surface area contributed by atoms with Crippen LogP contribution in [-0.2, 0) is 0 Å². The monoisotopic (exact) mass is 190 g/mol. The third kappa shape index (κ3) is 2.47. The van der Waals surface area contributed by atoms with Crippen molar-refractivity contribution in [1.82, 2.24) is 4.98 Å². The molecule has 0 amide bonds. The molecule has 0 spiro atoms. The predicted molar refractivity (Wildman–Crippen MR) is 59.4 cm³/mol. The summed E-state index contributed by atoms with van der Waals surface area (Å²) in [7, 11) is 0. The summed E-state index contributed by atoms with van der Waals surface area (Å²) < 4.78 is 0. The summed E-state index contributed by atoms with van der Waals surface area (Å²) in [5.41, 5.74) is 2.28. The fourth-order valence-electron chi connectivity index (χ4n) is 1.77. The van der Waals surface area contributed by atoms with E-state index in [4.69, 9.17) is 0 Å². The van der Waals surface area contributed by atoms with Crippen LogP contribution in [0.4, 0.5) is 5.69 Å². The van der Waals surface area contributed by atoms with Crippen LogP contribution in [0.5, 0.6) is 0 Å². The number of hydrogen-bond donors (Lipinski definition) is 1. The Kier molecular flexibility index (Phi) is 2.71. The molecule has 0 bridgehead atoms. The van der Waals surface area contributed by atoms with Gasteiger partial charge in [0.15, 0.2) is 0 Å². The summed E-state index contributed by atoms with van der Waals surface area (Å²) in [5, 5.41) is 3.47. The maximum Gasteiger partial charge on any atom is 0.0393 e. The molecule has 1 unspecified atom stereocenters. The second kappa shape index (κ2) is 3.99. The summed E-state index contributed by atoms with van der Waals surface area (Å²) in [6, 6.07) is 4.13. The molecule has 0 radical (unpaired) electrons. The van der Waals surface area contributed by atoms with Gasteiger partial charge in [0, 0.05) is 24.1 Å². The number of nitrogens with one attached hydrogen (secondary N) is 1. The Labute approximate surface area is 85.7 Å². The SMILES string of the molecule is Cc1cc(NCC(C)C2CC2)ccn1. The summed E-state index contributed by atoms with van der Waals surface area (Å²) in [5.74, 6) is 1.79. The first-order valence-corrected chi connectivity index (χ1v) is 5.42. The zero-order valence-corrected chi connectivity index (χ0v) is 8.96. The molecule has 76 valence electrons. The van der Waals surface area contributed by atoms with Gasteiger partial charge in [0.25, 0.3) is 0 Å². The minimum Gasteiger partial charge on any atom is -0.385 e. The summed E-state index contributed by atoms with van der Waals surface area (Å²) in [6.07, 6.45) is 4.72. The topological polar surface area (TPSA) is 24.9 Å². The van der Waals surface area contributed by atoms with Crippen LogP contribution in [0.2, 0.25) is 0 Å². The Bertz CT molecular complexity index is 305. The van der Waals surface area contributed by atoms with E-state index in [1.807, 2.05) is 19.2 Å². The predicted octanol–water partition coefficient (Wildman–Crippen LogP) is 2.85. The minimum atomic E-state index is 0.809. The van der Waals surface area contributed by atoms with Crippen molar-refractivity contribution in [2.24, 2.45) is 11.8 Å². The number of aryl methyl sites for hydroxylation is 1. The molecule has 0 saturated heterocycles. The van der Waals surface area contributed by atoms with E-state index in [0.717, 1.165) is 24.1 Å².